The molecule has 70 valence electrons. The number of hydrogen-bond donors (Lipinski definition) is 2. The first kappa shape index (κ1) is 8.52. The van der Waals surface area contributed by atoms with E-state index in [4.69, 9.17) is 5.73 Å². The highest BCUT2D eigenvalue weighted by molar-refractivity contribution is 4.91. The van der Waals surface area contributed by atoms with E-state index >= 15 is 0 Å². The van der Waals surface area contributed by atoms with Crippen LogP contribution in [0.25, 0.3) is 0 Å². The van der Waals surface area contributed by atoms with Crippen molar-refractivity contribution in [3.05, 3.63) is 0 Å². The van der Waals surface area contributed by atoms with Gasteiger partial charge in [0.2, 0.25) is 0 Å². The first-order valence-corrected chi connectivity index (χ1v) is 5.36. The van der Waals surface area contributed by atoms with E-state index in [9.17, 15) is 0 Å². The molecule has 2 heteroatoms. The summed E-state index contributed by atoms with van der Waals surface area (Å²) in [4.78, 5) is 0. The first-order chi connectivity index (χ1) is 5.90. The molecule has 0 unspecified atom stereocenters. The molecule has 3 atom stereocenters. The number of nitrogens with two attached hydrogens (primary N) is 1. The van der Waals surface area contributed by atoms with Crippen molar-refractivity contribution >= 4 is 0 Å². The van der Waals surface area contributed by atoms with Crippen LogP contribution in [0.3, 0.4) is 0 Å². The standard InChI is InChI=1S/C10H20N2/c11-7-9-6-8-4-2-1-3-5-10(8)12-9/h8-10,12H,1-7,11H2/t8-,9-,10+/m0/s1. The molecule has 1 aliphatic heterocycles. The molecule has 1 heterocycles. The molecule has 2 nitrogen and oxygen atoms in total. The maximum absolute atomic E-state index is 5.66. The first-order valence-electron chi connectivity index (χ1n) is 5.36. The SMILES string of the molecule is NC[C@@H]1C[C@@H]2CCCCC[C@H]2N1. The normalized spacial score (nSPS) is 42.2. The summed E-state index contributed by atoms with van der Waals surface area (Å²) in [6.07, 6.45) is 8.48. The predicted octanol–water partition coefficient (Wildman–Crippen LogP) is 1.26. The number of fused-ring (bicyclic) bond motifs is 1. The zero-order valence-corrected chi connectivity index (χ0v) is 7.76. The van der Waals surface area contributed by atoms with E-state index in [1.807, 2.05) is 0 Å². The zero-order chi connectivity index (χ0) is 8.39. The molecule has 1 saturated heterocycles. The molecule has 0 amide bonds. The Bertz CT molecular complexity index is 133. The molecule has 0 bridgehead atoms. The fourth-order valence-electron chi connectivity index (χ4n) is 2.79. The lowest BCUT2D eigenvalue weighted by atomic mass is 9.94. The topological polar surface area (TPSA) is 38.0 Å². The fraction of sp³-hybridized carbons (Fsp3) is 1.00. The summed E-state index contributed by atoms with van der Waals surface area (Å²) in [5, 5.41) is 3.66. The van der Waals surface area contributed by atoms with Gasteiger partial charge in [0.1, 0.15) is 0 Å². The van der Waals surface area contributed by atoms with Crippen LogP contribution in [0.15, 0.2) is 0 Å². The highest BCUT2D eigenvalue weighted by Crippen LogP contribution is 2.31. The van der Waals surface area contributed by atoms with Gasteiger partial charge in [0.15, 0.2) is 0 Å². The van der Waals surface area contributed by atoms with E-state index in [0.717, 1.165) is 18.5 Å². The molecule has 3 N–H and O–H groups in total. The van der Waals surface area contributed by atoms with Crippen LogP contribution >= 0.6 is 0 Å². The summed E-state index contributed by atoms with van der Waals surface area (Å²) in [7, 11) is 0. The molecule has 2 aliphatic rings. The van der Waals surface area contributed by atoms with Crippen molar-refractivity contribution < 1.29 is 0 Å². The Morgan fingerprint density at radius 3 is 2.83 bits per heavy atom. The Hall–Kier alpha value is -0.0800. The molecule has 0 radical (unpaired) electrons. The molecule has 2 fully saturated rings. The third-order valence-corrected chi connectivity index (χ3v) is 3.48. The molecule has 0 spiro atoms. The van der Waals surface area contributed by atoms with E-state index in [0.29, 0.717) is 6.04 Å². The second-order valence-corrected chi connectivity index (χ2v) is 4.34. The van der Waals surface area contributed by atoms with Crippen molar-refractivity contribution in [3.8, 4) is 0 Å². The van der Waals surface area contributed by atoms with Gasteiger partial charge in [-0.1, -0.05) is 19.3 Å². The van der Waals surface area contributed by atoms with E-state index in [2.05, 4.69) is 5.32 Å². The van der Waals surface area contributed by atoms with Crippen LogP contribution < -0.4 is 11.1 Å². The van der Waals surface area contributed by atoms with Gasteiger partial charge in [0.25, 0.3) is 0 Å². The maximum atomic E-state index is 5.66. The van der Waals surface area contributed by atoms with Crippen molar-refractivity contribution in [1.82, 2.24) is 5.32 Å². The van der Waals surface area contributed by atoms with Gasteiger partial charge in [0.05, 0.1) is 0 Å². The van der Waals surface area contributed by atoms with Gasteiger partial charge in [-0.3, -0.25) is 0 Å². The quantitative estimate of drug-likeness (QED) is 0.618. The van der Waals surface area contributed by atoms with Gasteiger partial charge in [-0.15, -0.1) is 0 Å². The molecule has 1 aliphatic carbocycles. The zero-order valence-electron chi connectivity index (χ0n) is 7.76. The summed E-state index contributed by atoms with van der Waals surface area (Å²) >= 11 is 0. The van der Waals surface area contributed by atoms with Crippen molar-refractivity contribution in [2.24, 2.45) is 11.7 Å². The highest BCUT2D eigenvalue weighted by atomic mass is 15.0. The van der Waals surface area contributed by atoms with Crippen LogP contribution in [0, 0.1) is 5.92 Å². The Kier molecular flexibility index (Phi) is 2.66. The van der Waals surface area contributed by atoms with E-state index in [1.54, 1.807) is 0 Å². The monoisotopic (exact) mass is 168 g/mol. The second kappa shape index (κ2) is 3.75. The van der Waals surface area contributed by atoms with Gasteiger partial charge in [-0.2, -0.15) is 0 Å². The predicted molar refractivity (Wildman–Crippen MR) is 51.0 cm³/mol. The minimum Gasteiger partial charge on any atom is -0.329 e. The van der Waals surface area contributed by atoms with E-state index < -0.39 is 0 Å². The third kappa shape index (κ3) is 1.64. The lowest BCUT2D eigenvalue weighted by Crippen LogP contribution is -2.35. The number of rotatable bonds is 1. The van der Waals surface area contributed by atoms with Gasteiger partial charge in [-0.05, 0) is 25.2 Å². The Morgan fingerprint density at radius 2 is 2.00 bits per heavy atom. The van der Waals surface area contributed by atoms with Crippen molar-refractivity contribution in [2.75, 3.05) is 6.54 Å². The van der Waals surface area contributed by atoms with Crippen molar-refractivity contribution in [1.29, 1.82) is 0 Å². The summed E-state index contributed by atoms with van der Waals surface area (Å²) in [6, 6.07) is 1.43. The lowest BCUT2D eigenvalue weighted by molar-refractivity contribution is 0.424. The summed E-state index contributed by atoms with van der Waals surface area (Å²) in [6.45, 7) is 0.826. The van der Waals surface area contributed by atoms with Crippen LogP contribution in [-0.4, -0.2) is 18.6 Å². The lowest BCUT2D eigenvalue weighted by Gasteiger charge is -2.14. The molecule has 0 aromatic carbocycles. The van der Waals surface area contributed by atoms with Crippen LogP contribution in [0.4, 0.5) is 0 Å². The molecule has 1 saturated carbocycles. The molecular weight excluding hydrogens is 148 g/mol. The van der Waals surface area contributed by atoms with Crippen LogP contribution in [0.1, 0.15) is 38.5 Å². The number of nitrogens with one attached hydrogen (secondary N) is 1. The van der Waals surface area contributed by atoms with Crippen LogP contribution in [0.5, 0.6) is 0 Å². The Balaban J connectivity index is 1.92. The molecular formula is C10H20N2. The Labute approximate surface area is 74.9 Å². The summed E-state index contributed by atoms with van der Waals surface area (Å²) in [5.41, 5.74) is 5.66. The number of hydrogen-bond acceptors (Lipinski definition) is 2. The van der Waals surface area contributed by atoms with Crippen molar-refractivity contribution in [3.63, 3.8) is 0 Å². The summed E-state index contributed by atoms with van der Waals surface area (Å²) < 4.78 is 0. The van der Waals surface area contributed by atoms with Gasteiger partial charge in [-0.25, -0.2) is 0 Å². The van der Waals surface area contributed by atoms with Crippen LogP contribution in [-0.2, 0) is 0 Å². The Morgan fingerprint density at radius 1 is 1.17 bits per heavy atom. The molecule has 2 rings (SSSR count). The maximum Gasteiger partial charge on any atom is 0.0196 e. The average molecular weight is 168 g/mol. The molecule has 0 aromatic rings. The van der Waals surface area contributed by atoms with Crippen LogP contribution in [0.2, 0.25) is 0 Å². The second-order valence-electron chi connectivity index (χ2n) is 4.34. The van der Waals surface area contributed by atoms with E-state index in [-0.39, 0.29) is 0 Å². The molecule has 12 heavy (non-hydrogen) atoms. The third-order valence-electron chi connectivity index (χ3n) is 3.48. The molecule has 0 aromatic heterocycles. The van der Waals surface area contributed by atoms with Gasteiger partial charge >= 0.3 is 0 Å². The summed E-state index contributed by atoms with van der Waals surface area (Å²) in [5.74, 6) is 0.945. The van der Waals surface area contributed by atoms with E-state index in [1.165, 1.54) is 38.5 Å². The largest absolute Gasteiger partial charge is 0.329 e. The fourth-order valence-corrected chi connectivity index (χ4v) is 2.79. The van der Waals surface area contributed by atoms with Gasteiger partial charge in [0, 0.05) is 18.6 Å². The minimum absolute atomic E-state index is 0.623. The smallest absolute Gasteiger partial charge is 0.0196 e. The van der Waals surface area contributed by atoms with Crippen molar-refractivity contribution in [2.45, 2.75) is 50.6 Å². The average Bonchev–Trinajstić information content (AvgIpc) is 2.37. The van der Waals surface area contributed by atoms with Gasteiger partial charge < -0.3 is 11.1 Å². The highest BCUT2D eigenvalue weighted by Gasteiger charge is 2.32. The minimum atomic E-state index is 0.623.